The fourth-order valence-corrected chi connectivity index (χ4v) is 3.11. The van der Waals surface area contributed by atoms with Crippen LogP contribution in [0.1, 0.15) is 28.4 Å². The second kappa shape index (κ2) is 6.08. The molecule has 2 aromatic rings. The van der Waals surface area contributed by atoms with Crippen molar-refractivity contribution in [1.29, 1.82) is 0 Å². The van der Waals surface area contributed by atoms with E-state index >= 15 is 0 Å². The van der Waals surface area contributed by atoms with E-state index in [4.69, 9.17) is 4.74 Å². The number of fused-ring (bicyclic) bond motifs is 1. The van der Waals surface area contributed by atoms with Crippen molar-refractivity contribution in [2.45, 2.75) is 12.5 Å². The van der Waals surface area contributed by atoms with E-state index in [1.165, 1.54) is 12.1 Å². The minimum Gasteiger partial charge on any atom is -0.452 e. The van der Waals surface area contributed by atoms with Gasteiger partial charge in [0.15, 0.2) is 23.1 Å². The maximum Gasteiger partial charge on any atom is 0.229 e. The summed E-state index contributed by atoms with van der Waals surface area (Å²) in [5.74, 6) is -2.62. The van der Waals surface area contributed by atoms with Gasteiger partial charge in [-0.2, -0.15) is 0 Å². The summed E-state index contributed by atoms with van der Waals surface area (Å²) < 4.78 is 57.4. The molecule has 1 atom stereocenters. The number of halogens is 2. The minimum absolute atomic E-state index is 0.0706. The van der Waals surface area contributed by atoms with Crippen LogP contribution in [0.15, 0.2) is 30.3 Å². The molecule has 6 nitrogen and oxygen atoms in total. The summed E-state index contributed by atoms with van der Waals surface area (Å²) >= 11 is 0. The zero-order valence-electron chi connectivity index (χ0n) is 12.9. The Balaban J connectivity index is 2.10. The highest BCUT2D eigenvalue weighted by atomic mass is 32.2. The van der Waals surface area contributed by atoms with Crippen LogP contribution in [0, 0.1) is 11.6 Å². The van der Waals surface area contributed by atoms with Crippen molar-refractivity contribution in [3.63, 3.8) is 0 Å². The van der Waals surface area contributed by atoms with Gasteiger partial charge in [-0.3, -0.25) is 9.52 Å². The molecule has 0 fully saturated rings. The lowest BCUT2D eigenvalue weighted by atomic mass is 10.1. The number of carbonyl (C=O) groups excluding carboxylic acids is 1. The van der Waals surface area contributed by atoms with E-state index < -0.39 is 27.8 Å². The largest absolute Gasteiger partial charge is 0.452 e. The molecule has 0 heterocycles. The number of ether oxygens (including phenoxy) is 1. The lowest BCUT2D eigenvalue weighted by molar-refractivity contribution is 0.0930. The molecule has 0 bridgehead atoms. The molecule has 25 heavy (non-hydrogen) atoms. The van der Waals surface area contributed by atoms with Gasteiger partial charge in [-0.15, -0.1) is 0 Å². The first-order valence-electron chi connectivity index (χ1n) is 7.14. The molecule has 0 saturated carbocycles. The zero-order valence-corrected chi connectivity index (χ0v) is 13.7. The Bertz CT molecular complexity index is 975. The predicted molar refractivity (Wildman–Crippen MR) is 85.2 cm³/mol. The number of ketones is 1. The molecule has 9 heteroatoms. The van der Waals surface area contributed by atoms with Crippen LogP contribution < -0.4 is 9.46 Å². The second-order valence-corrected chi connectivity index (χ2v) is 7.38. The van der Waals surface area contributed by atoms with Gasteiger partial charge < -0.3 is 9.84 Å². The van der Waals surface area contributed by atoms with Gasteiger partial charge in [-0.1, -0.05) is 0 Å². The standard InChI is InChI=1S/C16H13F2NO5S/c1-25(22,23)19-12-5-9-10(14(21)7-13(9)20)6-16(12)24-15-3-2-8(17)4-11(15)18/h2-6,13,19-20H,7H2,1H3/t13-/m1/s1. The quantitative estimate of drug-likeness (QED) is 0.865. The van der Waals surface area contributed by atoms with Gasteiger partial charge in [0.25, 0.3) is 0 Å². The molecule has 0 unspecified atom stereocenters. The minimum atomic E-state index is -3.71. The summed E-state index contributed by atoms with van der Waals surface area (Å²) in [7, 11) is -3.71. The first-order valence-corrected chi connectivity index (χ1v) is 9.03. The fourth-order valence-electron chi connectivity index (χ4n) is 2.55. The van der Waals surface area contributed by atoms with Gasteiger partial charge in [-0.25, -0.2) is 17.2 Å². The van der Waals surface area contributed by atoms with Crippen LogP contribution in [0.4, 0.5) is 14.5 Å². The molecule has 2 aromatic carbocycles. The topological polar surface area (TPSA) is 92.7 Å². The third kappa shape index (κ3) is 3.62. The molecular weight excluding hydrogens is 356 g/mol. The molecule has 0 aliphatic heterocycles. The number of sulfonamides is 1. The van der Waals surface area contributed by atoms with Crippen molar-refractivity contribution in [2.24, 2.45) is 0 Å². The summed E-state index contributed by atoms with van der Waals surface area (Å²) in [5, 5.41) is 9.89. The van der Waals surface area contributed by atoms with Crippen LogP contribution in [0.5, 0.6) is 11.5 Å². The van der Waals surface area contributed by atoms with Crippen LogP contribution in [-0.2, 0) is 10.0 Å². The summed E-state index contributed by atoms with van der Waals surface area (Å²) in [4.78, 5) is 11.9. The Labute approximate surface area is 142 Å². The van der Waals surface area contributed by atoms with Gasteiger partial charge in [0, 0.05) is 18.1 Å². The number of aliphatic hydroxyl groups is 1. The third-order valence-electron chi connectivity index (χ3n) is 3.60. The van der Waals surface area contributed by atoms with E-state index in [2.05, 4.69) is 4.72 Å². The van der Waals surface area contributed by atoms with Crippen molar-refractivity contribution >= 4 is 21.5 Å². The molecule has 0 aromatic heterocycles. The monoisotopic (exact) mass is 369 g/mol. The van der Waals surface area contributed by atoms with E-state index in [0.717, 1.165) is 18.4 Å². The molecule has 0 amide bonds. The number of rotatable bonds is 4. The van der Waals surface area contributed by atoms with Gasteiger partial charge in [-0.05, 0) is 29.8 Å². The van der Waals surface area contributed by atoms with Crippen LogP contribution in [-0.4, -0.2) is 25.6 Å². The fraction of sp³-hybridized carbons (Fsp3) is 0.188. The average Bonchev–Trinajstić information content (AvgIpc) is 2.75. The van der Waals surface area contributed by atoms with Crippen molar-refractivity contribution in [2.75, 3.05) is 11.0 Å². The van der Waals surface area contributed by atoms with Crippen molar-refractivity contribution in [3.8, 4) is 11.5 Å². The van der Waals surface area contributed by atoms with E-state index in [1.54, 1.807) is 0 Å². The van der Waals surface area contributed by atoms with Crippen LogP contribution >= 0.6 is 0 Å². The third-order valence-corrected chi connectivity index (χ3v) is 4.19. The molecule has 0 radical (unpaired) electrons. The number of carbonyl (C=O) groups is 1. The van der Waals surface area contributed by atoms with E-state index in [0.29, 0.717) is 6.07 Å². The maximum absolute atomic E-state index is 13.8. The number of benzene rings is 2. The number of hydrogen-bond acceptors (Lipinski definition) is 5. The van der Waals surface area contributed by atoms with Crippen molar-refractivity contribution in [3.05, 3.63) is 53.1 Å². The predicted octanol–water partition coefficient (Wildman–Crippen LogP) is 2.75. The van der Waals surface area contributed by atoms with Gasteiger partial charge in [0.1, 0.15) is 5.82 Å². The molecule has 0 spiro atoms. The number of aliphatic hydroxyl groups excluding tert-OH is 1. The highest BCUT2D eigenvalue weighted by Gasteiger charge is 2.30. The number of Topliss-reactive ketones (excluding diaryl/α,β-unsaturated/α-hetero) is 1. The van der Waals surface area contributed by atoms with Gasteiger partial charge in [0.05, 0.1) is 18.0 Å². The lowest BCUT2D eigenvalue weighted by Crippen LogP contribution is -2.11. The average molecular weight is 369 g/mol. The van der Waals surface area contributed by atoms with Gasteiger partial charge >= 0.3 is 0 Å². The Morgan fingerprint density at radius 2 is 1.92 bits per heavy atom. The highest BCUT2D eigenvalue weighted by Crippen LogP contribution is 2.40. The summed E-state index contributed by atoms with van der Waals surface area (Å²) in [6, 6.07) is 5.12. The molecule has 2 N–H and O–H groups in total. The highest BCUT2D eigenvalue weighted by molar-refractivity contribution is 7.92. The van der Waals surface area contributed by atoms with E-state index in [-0.39, 0.29) is 40.5 Å². The van der Waals surface area contributed by atoms with Crippen LogP contribution in [0.25, 0.3) is 0 Å². The molecule has 3 rings (SSSR count). The zero-order chi connectivity index (χ0) is 18.4. The second-order valence-electron chi connectivity index (χ2n) is 5.63. The van der Waals surface area contributed by atoms with E-state index in [1.807, 2.05) is 0 Å². The molecule has 132 valence electrons. The smallest absolute Gasteiger partial charge is 0.229 e. The van der Waals surface area contributed by atoms with Gasteiger partial charge in [0.2, 0.25) is 10.0 Å². The normalized spacial score (nSPS) is 16.6. The molecule has 1 aliphatic rings. The maximum atomic E-state index is 13.8. The summed E-state index contributed by atoms with van der Waals surface area (Å²) in [6.45, 7) is 0. The summed E-state index contributed by atoms with van der Waals surface area (Å²) in [6.07, 6.45) is -0.286. The number of hydrogen-bond donors (Lipinski definition) is 2. The lowest BCUT2D eigenvalue weighted by Gasteiger charge is -2.15. The Hall–Kier alpha value is -2.52. The van der Waals surface area contributed by atoms with Crippen molar-refractivity contribution < 1.29 is 31.8 Å². The SMILES string of the molecule is CS(=O)(=O)Nc1cc2c(cc1Oc1ccc(F)cc1F)C(=O)C[C@H]2O. The first kappa shape index (κ1) is 17.3. The Kier molecular flexibility index (Phi) is 4.21. The van der Waals surface area contributed by atoms with Crippen LogP contribution in [0.3, 0.4) is 0 Å². The first-order chi connectivity index (χ1) is 11.6. The molecular formula is C16H13F2NO5S. The van der Waals surface area contributed by atoms with Crippen LogP contribution in [0.2, 0.25) is 0 Å². The Morgan fingerprint density at radius 3 is 2.56 bits per heavy atom. The number of nitrogens with one attached hydrogen (secondary N) is 1. The van der Waals surface area contributed by atoms with E-state index in [9.17, 15) is 27.1 Å². The van der Waals surface area contributed by atoms with Crippen molar-refractivity contribution in [1.82, 2.24) is 0 Å². The molecule has 0 saturated heterocycles. The number of anilines is 1. The Morgan fingerprint density at radius 1 is 1.20 bits per heavy atom. The summed E-state index contributed by atoms with van der Waals surface area (Å²) in [5.41, 5.74) is 0.339. The molecule has 1 aliphatic carbocycles.